The van der Waals surface area contributed by atoms with Crippen molar-refractivity contribution >= 4 is 34.2 Å². The summed E-state index contributed by atoms with van der Waals surface area (Å²) in [7, 11) is 1.65. The molecule has 0 saturated heterocycles. The zero-order valence-electron chi connectivity index (χ0n) is 10.1. The van der Waals surface area contributed by atoms with Crippen LogP contribution in [0, 0.1) is 5.92 Å². The highest BCUT2D eigenvalue weighted by molar-refractivity contribution is 8.15. The molecule has 0 radical (unpaired) electrons. The van der Waals surface area contributed by atoms with E-state index in [1.165, 1.54) is 12.8 Å². The van der Waals surface area contributed by atoms with Gasteiger partial charge in [0.2, 0.25) is 0 Å². The molecule has 1 aromatic carbocycles. The lowest BCUT2D eigenvalue weighted by molar-refractivity contribution is 0.415. The molecule has 1 aliphatic heterocycles. The first-order valence-electron chi connectivity index (χ1n) is 6.08. The first kappa shape index (κ1) is 12.2. The molecule has 1 unspecified atom stereocenters. The lowest BCUT2D eigenvalue weighted by atomic mass is 10.3. The van der Waals surface area contributed by atoms with Crippen molar-refractivity contribution < 1.29 is 4.74 Å². The largest absolute Gasteiger partial charge is 0.497 e. The first-order chi connectivity index (χ1) is 8.76. The number of aliphatic imine (C=N–C) groups is 1. The highest BCUT2D eigenvalue weighted by Gasteiger charge is 2.35. The monoisotopic (exact) mass is 282 g/mol. The van der Waals surface area contributed by atoms with E-state index < -0.39 is 0 Å². The van der Waals surface area contributed by atoms with Crippen molar-refractivity contribution in [1.82, 2.24) is 0 Å². The van der Waals surface area contributed by atoms with Gasteiger partial charge < -0.3 is 10.1 Å². The van der Waals surface area contributed by atoms with Gasteiger partial charge in [0.15, 0.2) is 5.17 Å². The second-order valence-corrected chi connectivity index (χ2v) is 6.25. The molecule has 1 aromatic rings. The Morgan fingerprint density at radius 1 is 1.44 bits per heavy atom. The van der Waals surface area contributed by atoms with E-state index in [9.17, 15) is 0 Å². The predicted octanol–water partition coefficient (Wildman–Crippen LogP) is 3.64. The van der Waals surface area contributed by atoms with Gasteiger partial charge in [0.1, 0.15) is 5.75 Å². The summed E-state index contributed by atoms with van der Waals surface area (Å²) in [6, 6.07) is 5.58. The van der Waals surface area contributed by atoms with Gasteiger partial charge in [0.05, 0.1) is 24.4 Å². The average Bonchev–Trinajstić information content (AvgIpc) is 3.13. The summed E-state index contributed by atoms with van der Waals surface area (Å²) < 4.78 is 5.20. The van der Waals surface area contributed by atoms with Crippen molar-refractivity contribution in [1.29, 1.82) is 0 Å². The zero-order chi connectivity index (χ0) is 12.5. The number of anilines is 1. The Balaban J connectivity index is 1.68. The molecule has 5 heteroatoms. The summed E-state index contributed by atoms with van der Waals surface area (Å²) in [6.07, 6.45) is 2.72. The van der Waals surface area contributed by atoms with Crippen molar-refractivity contribution in [2.45, 2.75) is 18.1 Å². The van der Waals surface area contributed by atoms with Crippen LogP contribution in [0.4, 0.5) is 5.69 Å². The number of thioether (sulfide) groups is 1. The lowest BCUT2D eigenvalue weighted by Crippen LogP contribution is -2.09. The van der Waals surface area contributed by atoms with Gasteiger partial charge in [-0.3, -0.25) is 4.99 Å². The van der Waals surface area contributed by atoms with Crippen molar-refractivity contribution in [2.75, 3.05) is 19.0 Å². The summed E-state index contributed by atoms with van der Waals surface area (Å²) in [5, 5.41) is 5.62. The number of rotatable bonds is 3. The van der Waals surface area contributed by atoms with E-state index in [1.807, 2.05) is 30.0 Å². The maximum absolute atomic E-state index is 6.16. The molecular formula is C13H15ClN2OS. The Morgan fingerprint density at radius 3 is 3.00 bits per heavy atom. The number of ether oxygens (including phenoxy) is 1. The quantitative estimate of drug-likeness (QED) is 0.919. The van der Waals surface area contributed by atoms with Crippen LogP contribution in [0.1, 0.15) is 12.8 Å². The van der Waals surface area contributed by atoms with Crippen LogP contribution in [0.2, 0.25) is 5.02 Å². The maximum Gasteiger partial charge on any atom is 0.161 e. The molecule has 96 valence electrons. The summed E-state index contributed by atoms with van der Waals surface area (Å²) >= 11 is 8.00. The van der Waals surface area contributed by atoms with E-state index in [-0.39, 0.29) is 0 Å². The molecule has 3 rings (SSSR count). The van der Waals surface area contributed by atoms with Crippen LogP contribution >= 0.6 is 23.4 Å². The summed E-state index contributed by atoms with van der Waals surface area (Å²) in [5.74, 6) is 1.67. The van der Waals surface area contributed by atoms with Crippen molar-refractivity contribution in [3.63, 3.8) is 0 Å². The van der Waals surface area contributed by atoms with Crippen molar-refractivity contribution in [2.24, 2.45) is 10.9 Å². The van der Waals surface area contributed by atoms with Crippen LogP contribution < -0.4 is 10.1 Å². The van der Waals surface area contributed by atoms with E-state index in [2.05, 4.69) is 10.3 Å². The van der Waals surface area contributed by atoms with Crippen LogP contribution in [0.5, 0.6) is 5.75 Å². The van der Waals surface area contributed by atoms with E-state index in [0.717, 1.165) is 29.1 Å². The minimum Gasteiger partial charge on any atom is -0.497 e. The van der Waals surface area contributed by atoms with Crippen LogP contribution in [0.15, 0.2) is 23.2 Å². The number of hydrogen-bond acceptors (Lipinski definition) is 4. The Kier molecular flexibility index (Phi) is 3.39. The molecule has 1 aliphatic carbocycles. The van der Waals surface area contributed by atoms with Gasteiger partial charge in [-0.1, -0.05) is 23.4 Å². The molecule has 1 atom stereocenters. The van der Waals surface area contributed by atoms with E-state index >= 15 is 0 Å². The second kappa shape index (κ2) is 5.02. The molecule has 2 aliphatic rings. The van der Waals surface area contributed by atoms with Gasteiger partial charge in [0.25, 0.3) is 0 Å². The van der Waals surface area contributed by atoms with Crippen LogP contribution in [0.25, 0.3) is 0 Å². The molecule has 0 bridgehead atoms. The normalized spacial score (nSPS) is 22.8. The highest BCUT2D eigenvalue weighted by atomic mass is 35.5. The predicted molar refractivity (Wildman–Crippen MR) is 78.0 cm³/mol. The Labute approximate surface area is 116 Å². The van der Waals surface area contributed by atoms with Crippen LogP contribution in [-0.4, -0.2) is 24.1 Å². The topological polar surface area (TPSA) is 33.6 Å². The highest BCUT2D eigenvalue weighted by Crippen LogP contribution is 2.42. The number of amidine groups is 1. The zero-order valence-corrected chi connectivity index (χ0v) is 11.7. The minimum absolute atomic E-state index is 0.664. The lowest BCUT2D eigenvalue weighted by Gasteiger charge is -2.10. The molecule has 18 heavy (non-hydrogen) atoms. The smallest absolute Gasteiger partial charge is 0.161 e. The molecule has 3 nitrogen and oxygen atoms in total. The SMILES string of the molecule is COc1ccc(Cl)c(NC2=NCC(C3CC3)S2)c1. The van der Waals surface area contributed by atoms with Crippen molar-refractivity contribution in [3.05, 3.63) is 23.2 Å². The molecule has 1 heterocycles. The van der Waals surface area contributed by atoms with Crippen LogP contribution in [-0.2, 0) is 0 Å². The molecule has 1 fully saturated rings. The Hall–Kier alpha value is -0.870. The molecule has 1 N–H and O–H groups in total. The molecular weight excluding hydrogens is 268 g/mol. The van der Waals surface area contributed by atoms with Gasteiger partial charge in [-0.05, 0) is 30.9 Å². The van der Waals surface area contributed by atoms with Gasteiger partial charge in [0, 0.05) is 11.3 Å². The maximum atomic E-state index is 6.16. The summed E-state index contributed by atoms with van der Waals surface area (Å²) in [5.41, 5.74) is 0.860. The fraction of sp³-hybridized carbons (Fsp3) is 0.462. The van der Waals surface area contributed by atoms with Gasteiger partial charge in [-0.2, -0.15) is 0 Å². The van der Waals surface area contributed by atoms with Gasteiger partial charge >= 0.3 is 0 Å². The molecule has 0 aromatic heterocycles. The minimum atomic E-state index is 0.664. The number of halogens is 1. The van der Waals surface area contributed by atoms with Crippen LogP contribution in [0.3, 0.4) is 0 Å². The molecule has 0 amide bonds. The van der Waals surface area contributed by atoms with Gasteiger partial charge in [-0.15, -0.1) is 0 Å². The standard InChI is InChI=1S/C13H15ClN2OS/c1-17-9-4-5-10(14)11(6-9)16-13-15-7-12(18-13)8-2-3-8/h4-6,8,12H,2-3,7H2,1H3,(H,15,16). The molecule has 1 saturated carbocycles. The summed E-state index contributed by atoms with van der Waals surface area (Å²) in [4.78, 5) is 4.54. The van der Waals surface area contributed by atoms with Gasteiger partial charge in [-0.25, -0.2) is 0 Å². The van der Waals surface area contributed by atoms with E-state index in [4.69, 9.17) is 16.3 Å². The van der Waals surface area contributed by atoms with E-state index in [1.54, 1.807) is 7.11 Å². The first-order valence-corrected chi connectivity index (χ1v) is 7.33. The summed E-state index contributed by atoms with van der Waals surface area (Å²) in [6.45, 7) is 0.930. The number of nitrogens with one attached hydrogen (secondary N) is 1. The fourth-order valence-electron chi connectivity index (χ4n) is 2.02. The third-order valence-corrected chi connectivity index (χ3v) is 4.86. The third kappa shape index (κ3) is 2.59. The van der Waals surface area contributed by atoms with E-state index in [0.29, 0.717) is 10.3 Å². The fourth-order valence-corrected chi connectivity index (χ4v) is 3.40. The number of nitrogens with zero attached hydrogens (tertiary/aromatic N) is 1. The Bertz CT molecular complexity index is 488. The number of methoxy groups -OCH3 is 1. The second-order valence-electron chi connectivity index (χ2n) is 4.61. The molecule has 0 spiro atoms. The van der Waals surface area contributed by atoms with Crippen molar-refractivity contribution in [3.8, 4) is 5.75 Å². The third-order valence-electron chi connectivity index (χ3n) is 3.24. The number of hydrogen-bond donors (Lipinski definition) is 1. The average molecular weight is 283 g/mol. The number of benzene rings is 1. The Morgan fingerprint density at radius 2 is 2.28 bits per heavy atom.